The van der Waals surface area contributed by atoms with Gasteiger partial charge in [-0.3, -0.25) is 19.2 Å². The van der Waals surface area contributed by atoms with Gasteiger partial charge in [-0.25, -0.2) is 19.4 Å². The Bertz CT molecular complexity index is 1200. The van der Waals surface area contributed by atoms with Gasteiger partial charge in [0.15, 0.2) is 12.2 Å². The molecule has 2 atom stereocenters. The van der Waals surface area contributed by atoms with Crippen molar-refractivity contribution in [1.82, 2.24) is 0 Å². The predicted molar refractivity (Wildman–Crippen MR) is 161 cm³/mol. The summed E-state index contributed by atoms with van der Waals surface area (Å²) in [7, 11) is 0. The van der Waals surface area contributed by atoms with Crippen LogP contribution in [0, 0.1) is 0 Å². The summed E-state index contributed by atoms with van der Waals surface area (Å²) in [6.07, 6.45) is 5.94. The van der Waals surface area contributed by atoms with Crippen LogP contribution in [0.2, 0.25) is 0 Å². The molecule has 10 heteroatoms. The Morgan fingerprint density at radius 2 is 0.909 bits per heavy atom. The first-order chi connectivity index (χ1) is 21.1. The van der Waals surface area contributed by atoms with Crippen LogP contribution in [-0.2, 0) is 28.8 Å². The molecule has 0 saturated heterocycles. The van der Waals surface area contributed by atoms with E-state index in [4.69, 9.17) is 19.2 Å². The van der Waals surface area contributed by atoms with Gasteiger partial charge in [0, 0.05) is 25.0 Å². The van der Waals surface area contributed by atoms with E-state index < -0.39 is 47.7 Å². The Hall–Kier alpha value is -4.34. The van der Waals surface area contributed by atoms with Gasteiger partial charge in [-0.15, -0.1) is 0 Å². The summed E-state index contributed by atoms with van der Waals surface area (Å²) in [5.41, 5.74) is 0.145. The topological polar surface area (TPSA) is 139 Å². The van der Waals surface area contributed by atoms with Crippen molar-refractivity contribution in [2.24, 2.45) is 0 Å². The van der Waals surface area contributed by atoms with Gasteiger partial charge >= 0.3 is 23.9 Å². The van der Waals surface area contributed by atoms with Gasteiger partial charge in [-0.1, -0.05) is 76.6 Å². The van der Waals surface area contributed by atoms with Gasteiger partial charge in [0.05, 0.1) is 11.1 Å². The zero-order chi connectivity index (χ0) is 32.5. The van der Waals surface area contributed by atoms with Crippen molar-refractivity contribution in [2.75, 3.05) is 0 Å². The van der Waals surface area contributed by atoms with E-state index in [2.05, 4.69) is 13.8 Å². The Morgan fingerprint density at radius 1 is 0.545 bits per heavy atom. The van der Waals surface area contributed by atoms with Crippen molar-refractivity contribution < 1.29 is 48.0 Å². The average molecular weight is 611 g/mol. The highest BCUT2D eigenvalue weighted by Gasteiger charge is 2.26. The normalized spacial score (nSPS) is 12.0. The number of esters is 2. The van der Waals surface area contributed by atoms with Crippen LogP contribution < -0.4 is 0 Å². The minimum atomic E-state index is -1.03. The molecule has 0 spiro atoms. The second-order valence-electron chi connectivity index (χ2n) is 10.5. The van der Waals surface area contributed by atoms with Gasteiger partial charge in [-0.2, -0.15) is 0 Å². The third-order valence-electron chi connectivity index (χ3n) is 6.80. The Labute approximate surface area is 258 Å². The third-order valence-corrected chi connectivity index (χ3v) is 6.80. The zero-order valence-electron chi connectivity index (χ0n) is 25.9. The van der Waals surface area contributed by atoms with E-state index in [9.17, 15) is 28.8 Å². The van der Waals surface area contributed by atoms with Crippen LogP contribution in [0.5, 0.6) is 0 Å². The number of benzene rings is 2. The molecule has 0 saturated carbocycles. The fourth-order valence-electron chi connectivity index (χ4n) is 4.54. The van der Waals surface area contributed by atoms with E-state index >= 15 is 0 Å². The summed E-state index contributed by atoms with van der Waals surface area (Å²) in [5, 5.41) is 0. The standard InChI is InChI=1S/C34H42O10/c1-5-7-9-11-19-29(41-23(3)35)31(37)25-15-13-17-27(21-25)33(39)43-44-34(40)28-18-14-16-26(22-28)32(38)30(42-24(4)36)20-12-10-8-6-2/h13-18,21-22,29-30H,5-12,19-20H2,1-4H3. The molecule has 0 aliphatic carbocycles. The molecule has 0 aliphatic rings. The first kappa shape index (κ1) is 35.9. The third kappa shape index (κ3) is 12.1. The summed E-state index contributed by atoms with van der Waals surface area (Å²) in [4.78, 5) is 84.1. The van der Waals surface area contributed by atoms with Crippen LogP contribution >= 0.6 is 0 Å². The van der Waals surface area contributed by atoms with Gasteiger partial charge < -0.3 is 9.47 Å². The first-order valence-electron chi connectivity index (χ1n) is 15.1. The second kappa shape index (κ2) is 19.0. The van der Waals surface area contributed by atoms with Crippen LogP contribution in [-0.4, -0.2) is 47.7 Å². The van der Waals surface area contributed by atoms with E-state index in [-0.39, 0.29) is 22.3 Å². The average Bonchev–Trinajstić information content (AvgIpc) is 3.01. The molecule has 44 heavy (non-hydrogen) atoms. The van der Waals surface area contributed by atoms with Gasteiger partial charge in [0.1, 0.15) is 0 Å². The molecule has 238 valence electrons. The Balaban J connectivity index is 2.07. The van der Waals surface area contributed by atoms with Gasteiger partial charge in [-0.05, 0) is 49.9 Å². The maximum atomic E-state index is 13.1. The molecule has 0 radical (unpaired) electrons. The molecule has 0 aliphatic heterocycles. The van der Waals surface area contributed by atoms with Gasteiger partial charge in [0.25, 0.3) is 0 Å². The van der Waals surface area contributed by atoms with Crippen molar-refractivity contribution in [2.45, 2.75) is 104 Å². The van der Waals surface area contributed by atoms with Crippen LogP contribution in [0.25, 0.3) is 0 Å². The smallest absolute Gasteiger partial charge is 0.386 e. The van der Waals surface area contributed by atoms with Crippen LogP contribution in [0.15, 0.2) is 48.5 Å². The molecule has 2 rings (SSSR count). The fraction of sp³-hybridized carbons (Fsp3) is 0.471. The molecule has 0 heterocycles. The maximum absolute atomic E-state index is 13.1. The van der Waals surface area contributed by atoms with E-state index in [0.29, 0.717) is 25.7 Å². The fourth-order valence-corrected chi connectivity index (χ4v) is 4.54. The molecule has 2 aromatic rings. The number of hydrogen-bond donors (Lipinski definition) is 0. The van der Waals surface area contributed by atoms with Crippen LogP contribution in [0.3, 0.4) is 0 Å². The quantitative estimate of drug-likeness (QED) is 0.0583. The number of Topliss-reactive ketones (excluding diaryl/α,β-unsaturated/α-hetero) is 2. The minimum Gasteiger partial charge on any atom is -0.454 e. The van der Waals surface area contributed by atoms with Crippen LogP contribution in [0.4, 0.5) is 0 Å². The number of ether oxygens (including phenoxy) is 2. The van der Waals surface area contributed by atoms with Crippen molar-refractivity contribution in [3.05, 3.63) is 70.8 Å². The number of ketones is 2. The number of unbranched alkanes of at least 4 members (excludes halogenated alkanes) is 6. The molecule has 0 bridgehead atoms. The lowest BCUT2D eigenvalue weighted by Gasteiger charge is -2.16. The highest BCUT2D eigenvalue weighted by molar-refractivity contribution is 6.03. The summed E-state index contributed by atoms with van der Waals surface area (Å²) in [5.74, 6) is -4.14. The molecule has 2 aromatic carbocycles. The molecule has 0 amide bonds. The lowest BCUT2D eigenvalue weighted by molar-refractivity contribution is -0.187. The molecule has 2 unspecified atom stereocenters. The summed E-state index contributed by atoms with van der Waals surface area (Å²) < 4.78 is 10.5. The maximum Gasteiger partial charge on any atom is 0.386 e. The molecule has 0 N–H and O–H groups in total. The van der Waals surface area contributed by atoms with E-state index in [0.717, 1.165) is 38.5 Å². The lowest BCUT2D eigenvalue weighted by Crippen LogP contribution is -2.27. The highest BCUT2D eigenvalue weighted by Crippen LogP contribution is 2.18. The largest absolute Gasteiger partial charge is 0.454 e. The minimum absolute atomic E-state index is 0.0626. The molecule has 0 fully saturated rings. The van der Waals surface area contributed by atoms with Crippen molar-refractivity contribution in [3.63, 3.8) is 0 Å². The lowest BCUT2D eigenvalue weighted by atomic mass is 9.99. The molecule has 10 nitrogen and oxygen atoms in total. The summed E-state index contributed by atoms with van der Waals surface area (Å²) in [6, 6.07) is 11.2. The number of carbonyl (C=O) groups is 6. The number of hydrogen-bond acceptors (Lipinski definition) is 10. The van der Waals surface area contributed by atoms with Crippen molar-refractivity contribution >= 4 is 35.4 Å². The summed E-state index contributed by atoms with van der Waals surface area (Å²) in [6.45, 7) is 6.59. The van der Waals surface area contributed by atoms with E-state index in [1.807, 2.05) is 0 Å². The number of rotatable bonds is 18. The first-order valence-corrected chi connectivity index (χ1v) is 15.1. The zero-order valence-corrected chi connectivity index (χ0v) is 25.9. The highest BCUT2D eigenvalue weighted by atomic mass is 17.2. The van der Waals surface area contributed by atoms with E-state index in [1.54, 1.807) is 0 Å². The van der Waals surface area contributed by atoms with Crippen LogP contribution in [0.1, 0.15) is 133 Å². The van der Waals surface area contributed by atoms with Gasteiger partial charge in [0.2, 0.25) is 11.6 Å². The Kier molecular flexibility index (Phi) is 15.5. The number of carbonyl (C=O) groups excluding carboxylic acids is 6. The van der Waals surface area contributed by atoms with Crippen molar-refractivity contribution in [1.29, 1.82) is 0 Å². The second-order valence-corrected chi connectivity index (χ2v) is 10.5. The summed E-state index contributed by atoms with van der Waals surface area (Å²) >= 11 is 0. The monoisotopic (exact) mass is 610 g/mol. The Morgan fingerprint density at radius 3 is 1.25 bits per heavy atom. The molecular weight excluding hydrogens is 568 g/mol. The van der Waals surface area contributed by atoms with Crippen molar-refractivity contribution in [3.8, 4) is 0 Å². The molecule has 0 aromatic heterocycles. The van der Waals surface area contributed by atoms with E-state index in [1.165, 1.54) is 62.4 Å². The SMILES string of the molecule is CCCCCCC(OC(C)=O)C(=O)c1cccc(C(=O)OOC(=O)c2cccc(C(=O)C(CCCCCC)OC(C)=O)c2)c1. The molecular formula is C34H42O10. The predicted octanol–water partition coefficient (Wildman–Crippen LogP) is 6.79.